The predicted molar refractivity (Wildman–Crippen MR) is 67.4 cm³/mol. The highest BCUT2D eigenvalue weighted by Crippen LogP contribution is 2.02. The number of aromatic nitrogens is 2. The van der Waals surface area contributed by atoms with Crippen LogP contribution in [0.2, 0.25) is 0 Å². The largest absolute Gasteiger partial charge is 0.369 e. The molecule has 0 aliphatic rings. The molecule has 16 heavy (non-hydrogen) atoms. The van der Waals surface area contributed by atoms with Gasteiger partial charge in [0, 0.05) is 19.3 Å². The molecule has 1 heterocycles. The van der Waals surface area contributed by atoms with Crippen LogP contribution < -0.4 is 10.6 Å². The molecule has 0 unspecified atom stereocenters. The molecule has 0 radical (unpaired) electrons. The molecule has 1 aromatic rings. The van der Waals surface area contributed by atoms with Crippen LogP contribution in [-0.2, 0) is 6.54 Å². The van der Waals surface area contributed by atoms with Crippen LogP contribution in [0.1, 0.15) is 32.9 Å². The van der Waals surface area contributed by atoms with Crippen molar-refractivity contribution in [3.8, 4) is 0 Å². The maximum absolute atomic E-state index is 4.47. The second-order valence-corrected chi connectivity index (χ2v) is 4.35. The standard InChI is InChI=1S/C12H22N4/c1-4-5-15-12-9-14-8-11(16-12)7-13-6-10(2)3/h8-10,13H,4-7H2,1-3H3,(H,15,16). The molecular formula is C12H22N4. The van der Waals surface area contributed by atoms with Crippen LogP contribution in [0.5, 0.6) is 0 Å². The average molecular weight is 222 g/mol. The Kier molecular flexibility index (Phi) is 5.78. The highest BCUT2D eigenvalue weighted by molar-refractivity contribution is 5.31. The number of hydrogen-bond acceptors (Lipinski definition) is 4. The third kappa shape index (κ3) is 5.07. The first kappa shape index (κ1) is 12.9. The van der Waals surface area contributed by atoms with Crippen molar-refractivity contribution in [3.63, 3.8) is 0 Å². The molecule has 1 rings (SSSR count). The molecule has 2 N–H and O–H groups in total. The highest BCUT2D eigenvalue weighted by Gasteiger charge is 1.99. The van der Waals surface area contributed by atoms with E-state index in [4.69, 9.17) is 0 Å². The lowest BCUT2D eigenvalue weighted by Gasteiger charge is -2.08. The quantitative estimate of drug-likeness (QED) is 0.741. The number of rotatable bonds is 7. The van der Waals surface area contributed by atoms with E-state index in [0.717, 1.165) is 37.6 Å². The lowest BCUT2D eigenvalue weighted by molar-refractivity contribution is 0.547. The number of nitrogens with one attached hydrogen (secondary N) is 2. The smallest absolute Gasteiger partial charge is 0.144 e. The normalized spacial score (nSPS) is 10.8. The van der Waals surface area contributed by atoms with Gasteiger partial charge >= 0.3 is 0 Å². The van der Waals surface area contributed by atoms with E-state index in [1.165, 1.54) is 0 Å². The minimum Gasteiger partial charge on any atom is -0.369 e. The van der Waals surface area contributed by atoms with E-state index in [2.05, 4.69) is 41.4 Å². The Labute approximate surface area is 97.9 Å². The SMILES string of the molecule is CCCNc1cncc(CNCC(C)C)n1. The molecule has 0 bridgehead atoms. The summed E-state index contributed by atoms with van der Waals surface area (Å²) in [5, 5.41) is 6.59. The first-order valence-corrected chi connectivity index (χ1v) is 5.98. The van der Waals surface area contributed by atoms with E-state index in [1.807, 2.05) is 6.20 Å². The number of anilines is 1. The van der Waals surface area contributed by atoms with Crippen molar-refractivity contribution in [2.75, 3.05) is 18.4 Å². The summed E-state index contributed by atoms with van der Waals surface area (Å²) in [5.41, 5.74) is 0.988. The summed E-state index contributed by atoms with van der Waals surface area (Å²) in [6.07, 6.45) is 4.67. The summed E-state index contributed by atoms with van der Waals surface area (Å²) >= 11 is 0. The van der Waals surface area contributed by atoms with Crippen molar-refractivity contribution < 1.29 is 0 Å². The van der Waals surface area contributed by atoms with Crippen molar-refractivity contribution in [2.45, 2.75) is 33.7 Å². The average Bonchev–Trinajstić information content (AvgIpc) is 2.26. The van der Waals surface area contributed by atoms with Crippen LogP contribution in [0.25, 0.3) is 0 Å². The first-order chi connectivity index (χ1) is 7.72. The Morgan fingerprint density at radius 1 is 1.31 bits per heavy atom. The van der Waals surface area contributed by atoms with E-state index < -0.39 is 0 Å². The first-order valence-electron chi connectivity index (χ1n) is 5.98. The van der Waals surface area contributed by atoms with Crippen LogP contribution in [0.15, 0.2) is 12.4 Å². The third-order valence-electron chi connectivity index (χ3n) is 2.10. The van der Waals surface area contributed by atoms with E-state index in [0.29, 0.717) is 5.92 Å². The van der Waals surface area contributed by atoms with Crippen LogP contribution in [0.3, 0.4) is 0 Å². The number of nitrogens with zero attached hydrogens (tertiary/aromatic N) is 2. The summed E-state index contributed by atoms with van der Waals surface area (Å²) in [4.78, 5) is 8.64. The Hall–Kier alpha value is -1.16. The van der Waals surface area contributed by atoms with E-state index >= 15 is 0 Å². The molecule has 0 atom stereocenters. The second kappa shape index (κ2) is 7.17. The maximum Gasteiger partial charge on any atom is 0.144 e. The maximum atomic E-state index is 4.47. The van der Waals surface area contributed by atoms with E-state index in [9.17, 15) is 0 Å². The van der Waals surface area contributed by atoms with Crippen molar-refractivity contribution in [1.82, 2.24) is 15.3 Å². The molecule has 0 fully saturated rings. The minimum absolute atomic E-state index is 0.661. The molecule has 0 saturated heterocycles. The van der Waals surface area contributed by atoms with Crippen molar-refractivity contribution in [1.29, 1.82) is 0 Å². The molecule has 0 spiro atoms. The summed E-state index contributed by atoms with van der Waals surface area (Å²) in [6, 6.07) is 0. The monoisotopic (exact) mass is 222 g/mol. The van der Waals surface area contributed by atoms with Crippen molar-refractivity contribution in [2.24, 2.45) is 5.92 Å². The summed E-state index contributed by atoms with van der Waals surface area (Å²) in [5.74, 6) is 1.53. The van der Waals surface area contributed by atoms with Gasteiger partial charge < -0.3 is 10.6 Å². The Bertz CT molecular complexity index is 299. The van der Waals surface area contributed by atoms with E-state index in [1.54, 1.807) is 6.20 Å². The zero-order chi connectivity index (χ0) is 11.8. The fraction of sp³-hybridized carbons (Fsp3) is 0.667. The Morgan fingerprint density at radius 2 is 2.12 bits per heavy atom. The van der Waals surface area contributed by atoms with Gasteiger partial charge in [0.1, 0.15) is 5.82 Å². The molecule has 0 aliphatic heterocycles. The third-order valence-corrected chi connectivity index (χ3v) is 2.10. The lowest BCUT2D eigenvalue weighted by atomic mass is 10.2. The van der Waals surface area contributed by atoms with Gasteiger partial charge in [0.15, 0.2) is 0 Å². The van der Waals surface area contributed by atoms with Crippen molar-refractivity contribution in [3.05, 3.63) is 18.1 Å². The van der Waals surface area contributed by atoms with Crippen LogP contribution in [-0.4, -0.2) is 23.1 Å². The zero-order valence-electron chi connectivity index (χ0n) is 10.5. The highest BCUT2D eigenvalue weighted by atomic mass is 15.0. The number of hydrogen-bond donors (Lipinski definition) is 2. The molecule has 0 aliphatic carbocycles. The predicted octanol–water partition coefficient (Wildman–Crippen LogP) is 2.04. The molecule has 0 aromatic carbocycles. The van der Waals surface area contributed by atoms with Crippen LogP contribution in [0.4, 0.5) is 5.82 Å². The van der Waals surface area contributed by atoms with Gasteiger partial charge in [-0.15, -0.1) is 0 Å². The fourth-order valence-corrected chi connectivity index (χ4v) is 1.32. The molecule has 0 amide bonds. The van der Waals surface area contributed by atoms with Gasteiger partial charge in [-0.1, -0.05) is 20.8 Å². The van der Waals surface area contributed by atoms with Gasteiger partial charge in [0.25, 0.3) is 0 Å². The molecular weight excluding hydrogens is 200 g/mol. The fourth-order valence-electron chi connectivity index (χ4n) is 1.32. The molecule has 1 aromatic heterocycles. The van der Waals surface area contributed by atoms with Gasteiger partial charge in [-0.05, 0) is 18.9 Å². The summed E-state index contributed by atoms with van der Waals surface area (Å²) in [7, 11) is 0. The lowest BCUT2D eigenvalue weighted by Crippen LogP contribution is -2.20. The molecule has 4 nitrogen and oxygen atoms in total. The Morgan fingerprint density at radius 3 is 2.81 bits per heavy atom. The van der Waals surface area contributed by atoms with E-state index in [-0.39, 0.29) is 0 Å². The minimum atomic E-state index is 0.661. The second-order valence-electron chi connectivity index (χ2n) is 4.35. The van der Waals surface area contributed by atoms with Gasteiger partial charge in [-0.3, -0.25) is 4.98 Å². The van der Waals surface area contributed by atoms with Gasteiger partial charge in [0.2, 0.25) is 0 Å². The summed E-state index contributed by atoms with van der Waals surface area (Å²) < 4.78 is 0. The molecule has 90 valence electrons. The summed E-state index contributed by atoms with van der Waals surface area (Å²) in [6.45, 7) is 9.25. The van der Waals surface area contributed by atoms with Gasteiger partial charge in [-0.2, -0.15) is 0 Å². The molecule has 4 heteroatoms. The topological polar surface area (TPSA) is 49.8 Å². The van der Waals surface area contributed by atoms with Gasteiger partial charge in [-0.25, -0.2) is 4.98 Å². The van der Waals surface area contributed by atoms with Crippen LogP contribution >= 0.6 is 0 Å². The zero-order valence-corrected chi connectivity index (χ0v) is 10.5. The van der Waals surface area contributed by atoms with Gasteiger partial charge in [0.05, 0.1) is 11.9 Å². The Balaban J connectivity index is 2.40. The van der Waals surface area contributed by atoms with Crippen LogP contribution in [0, 0.1) is 5.92 Å². The van der Waals surface area contributed by atoms with Crippen molar-refractivity contribution >= 4 is 5.82 Å². The molecule has 0 saturated carbocycles.